The van der Waals surface area contributed by atoms with Gasteiger partial charge < -0.3 is 10.2 Å². The Morgan fingerprint density at radius 1 is 1.24 bits per heavy atom. The zero-order chi connectivity index (χ0) is 24.5. The first-order valence-electron chi connectivity index (χ1n) is 10.8. The molecule has 1 aliphatic heterocycles. The average molecular weight is 471 g/mol. The first-order chi connectivity index (χ1) is 16.1. The van der Waals surface area contributed by atoms with E-state index < -0.39 is 17.5 Å². The number of fused-ring (bicyclic) bond motifs is 1. The maximum Gasteiger partial charge on any atom is 0.398 e. The summed E-state index contributed by atoms with van der Waals surface area (Å²) in [5.74, 6) is -1.01. The molecule has 1 atom stereocenters. The highest BCUT2D eigenvalue weighted by Crippen LogP contribution is 2.64. The van der Waals surface area contributed by atoms with Crippen LogP contribution < -0.4 is 15.9 Å². The molecule has 1 N–H and O–H groups in total. The van der Waals surface area contributed by atoms with Gasteiger partial charge in [0, 0.05) is 47.9 Å². The van der Waals surface area contributed by atoms with Crippen LogP contribution in [0.1, 0.15) is 24.2 Å². The number of nitrogens with one attached hydrogen (secondary N) is 1. The minimum Gasteiger partial charge on any atom is -0.351 e. The molecule has 2 heterocycles. The summed E-state index contributed by atoms with van der Waals surface area (Å²) < 4.78 is 41.4. The second-order valence-electron chi connectivity index (χ2n) is 8.76. The minimum absolute atomic E-state index is 0.0917. The van der Waals surface area contributed by atoms with E-state index in [4.69, 9.17) is 0 Å². The Labute approximate surface area is 194 Å². The largest absolute Gasteiger partial charge is 0.398 e. The lowest BCUT2D eigenvalue weighted by Gasteiger charge is -2.25. The lowest BCUT2D eigenvalue weighted by atomic mass is 9.93. The lowest BCUT2D eigenvalue weighted by Crippen LogP contribution is -2.41. The smallest absolute Gasteiger partial charge is 0.351 e. The number of rotatable bonds is 8. The van der Waals surface area contributed by atoms with Crippen LogP contribution in [0.25, 0.3) is 11.6 Å². The van der Waals surface area contributed by atoms with Gasteiger partial charge in [-0.3, -0.25) is 9.59 Å². The average Bonchev–Trinajstić information content (AvgIpc) is 3.51. The topological polar surface area (TPSA) is 87.5 Å². The molecule has 0 radical (unpaired) electrons. The molecule has 10 heteroatoms. The van der Waals surface area contributed by atoms with Crippen molar-refractivity contribution in [1.82, 2.24) is 20.2 Å². The maximum atomic E-state index is 13.8. The molecule has 0 spiro atoms. The number of hydrogen-bond donors (Lipinski definition) is 1. The number of hydrogen-bond acceptors (Lipinski definition) is 5. The molecule has 2 aliphatic rings. The van der Waals surface area contributed by atoms with Gasteiger partial charge in [0.15, 0.2) is 5.82 Å². The van der Waals surface area contributed by atoms with E-state index in [0.29, 0.717) is 11.8 Å². The molecule has 1 aliphatic carbocycles. The van der Waals surface area contributed by atoms with Gasteiger partial charge in [-0.05, 0) is 57.1 Å². The van der Waals surface area contributed by atoms with Gasteiger partial charge >= 0.3 is 6.18 Å². The number of amides is 2. The summed E-state index contributed by atoms with van der Waals surface area (Å²) >= 11 is 0. The molecule has 0 bridgehead atoms. The van der Waals surface area contributed by atoms with Crippen LogP contribution in [0.4, 0.5) is 13.2 Å². The predicted molar refractivity (Wildman–Crippen MR) is 119 cm³/mol. The van der Waals surface area contributed by atoms with E-state index in [1.165, 1.54) is 24.5 Å². The third kappa shape index (κ3) is 4.91. The summed E-state index contributed by atoms with van der Waals surface area (Å²) in [5.41, 5.74) is -1.34. The molecule has 7 nitrogen and oxygen atoms in total. The molecular weight excluding hydrogens is 447 g/mol. The van der Waals surface area contributed by atoms with Crippen molar-refractivity contribution in [1.29, 1.82) is 0 Å². The van der Waals surface area contributed by atoms with Gasteiger partial charge in [-0.15, -0.1) is 0 Å². The SMILES string of the molecule is CN(C)C(CNC(=O)C=C(c1ncccn1)C1(C(F)(F)F)CC1)Cc1ccc2c(c1)=CC(=O)N=2. The van der Waals surface area contributed by atoms with Gasteiger partial charge in [-0.2, -0.15) is 13.2 Å². The Kier molecular flexibility index (Phi) is 6.35. The second-order valence-corrected chi connectivity index (χ2v) is 8.76. The third-order valence-corrected chi connectivity index (χ3v) is 6.21. The first kappa shape index (κ1) is 23.7. The van der Waals surface area contributed by atoms with E-state index in [1.807, 2.05) is 31.1 Å². The van der Waals surface area contributed by atoms with Gasteiger partial charge in [0.25, 0.3) is 5.91 Å². The quantitative estimate of drug-likeness (QED) is 0.589. The summed E-state index contributed by atoms with van der Waals surface area (Å²) in [6.07, 6.45) is 1.04. The van der Waals surface area contributed by atoms with Crippen molar-refractivity contribution in [3.8, 4) is 0 Å². The van der Waals surface area contributed by atoms with E-state index in [-0.39, 0.29) is 42.7 Å². The van der Waals surface area contributed by atoms with Gasteiger partial charge in [-0.25, -0.2) is 15.0 Å². The van der Waals surface area contributed by atoms with Crippen LogP contribution in [0.3, 0.4) is 0 Å². The number of aromatic nitrogens is 2. The second kappa shape index (κ2) is 9.09. The Balaban J connectivity index is 1.50. The maximum absolute atomic E-state index is 13.8. The van der Waals surface area contributed by atoms with Crippen LogP contribution >= 0.6 is 0 Å². The normalized spacial score (nSPS) is 17.6. The predicted octanol–water partition coefficient (Wildman–Crippen LogP) is 1.43. The van der Waals surface area contributed by atoms with E-state index in [0.717, 1.165) is 16.9 Å². The summed E-state index contributed by atoms with van der Waals surface area (Å²) in [4.78, 5) is 38.0. The van der Waals surface area contributed by atoms with E-state index in [9.17, 15) is 22.8 Å². The van der Waals surface area contributed by atoms with Gasteiger partial charge in [-0.1, -0.05) is 6.07 Å². The zero-order valence-electron chi connectivity index (χ0n) is 18.8. The molecule has 34 heavy (non-hydrogen) atoms. The highest BCUT2D eigenvalue weighted by atomic mass is 19.4. The number of carbonyl (C=O) groups excluding carboxylic acids is 2. The molecule has 1 aromatic heterocycles. The molecular formula is C24H24F3N5O2. The molecule has 1 saturated carbocycles. The fourth-order valence-electron chi connectivity index (χ4n) is 4.03. The Morgan fingerprint density at radius 2 is 1.94 bits per heavy atom. The molecule has 1 unspecified atom stereocenters. The molecule has 1 fully saturated rings. The molecule has 2 amide bonds. The van der Waals surface area contributed by atoms with Crippen molar-refractivity contribution in [2.45, 2.75) is 31.5 Å². The molecule has 0 saturated heterocycles. The number of halogens is 3. The number of carbonyl (C=O) groups is 2. The fourth-order valence-corrected chi connectivity index (χ4v) is 4.03. The number of benzene rings is 1. The van der Waals surface area contributed by atoms with Crippen LogP contribution in [0.5, 0.6) is 0 Å². The molecule has 1 aromatic carbocycles. The number of allylic oxidation sites excluding steroid dienone is 1. The van der Waals surface area contributed by atoms with Crippen molar-refractivity contribution in [3.05, 3.63) is 64.7 Å². The van der Waals surface area contributed by atoms with Crippen LogP contribution in [0, 0.1) is 5.41 Å². The Hall–Kier alpha value is -3.40. The number of likely N-dealkylation sites (N-methyl/N-ethyl adjacent to an activating group) is 1. The first-order valence-corrected chi connectivity index (χ1v) is 10.8. The van der Waals surface area contributed by atoms with E-state index >= 15 is 0 Å². The highest BCUT2D eigenvalue weighted by Gasteiger charge is 2.66. The molecule has 178 valence electrons. The van der Waals surface area contributed by atoms with E-state index in [2.05, 4.69) is 20.3 Å². The monoisotopic (exact) mass is 471 g/mol. The lowest BCUT2D eigenvalue weighted by molar-refractivity contribution is -0.168. The number of nitrogens with zero attached hydrogens (tertiary/aromatic N) is 4. The van der Waals surface area contributed by atoms with E-state index in [1.54, 1.807) is 6.07 Å². The van der Waals surface area contributed by atoms with Gasteiger partial charge in [0.2, 0.25) is 5.91 Å². The van der Waals surface area contributed by atoms with Crippen molar-refractivity contribution < 1.29 is 22.8 Å². The minimum atomic E-state index is -4.50. The fraction of sp³-hybridized carbons (Fsp3) is 0.375. The molecule has 4 rings (SSSR count). The van der Waals surface area contributed by atoms with Crippen molar-refractivity contribution in [2.75, 3.05) is 20.6 Å². The van der Waals surface area contributed by atoms with Crippen molar-refractivity contribution in [3.63, 3.8) is 0 Å². The van der Waals surface area contributed by atoms with Crippen LogP contribution in [0.15, 0.2) is 47.7 Å². The van der Waals surface area contributed by atoms with Gasteiger partial charge in [0.1, 0.15) is 0 Å². The van der Waals surface area contributed by atoms with Crippen molar-refractivity contribution in [2.24, 2.45) is 10.4 Å². The standard InChI is InChI=1S/C24H24F3N5O2/c1-32(2)17(11-15-4-5-19-16(10-15)12-21(34)31-19)14-30-20(33)13-18(22-28-8-3-9-29-22)23(6-7-23)24(25,26)27/h3-5,8-10,12-13,17H,6-7,11,14H2,1-2H3,(H,30,33). The van der Waals surface area contributed by atoms with Crippen LogP contribution in [0.2, 0.25) is 0 Å². The zero-order valence-corrected chi connectivity index (χ0v) is 18.8. The van der Waals surface area contributed by atoms with Gasteiger partial charge in [0.05, 0.1) is 10.8 Å². The van der Waals surface area contributed by atoms with Crippen LogP contribution in [-0.2, 0) is 16.0 Å². The van der Waals surface area contributed by atoms with Crippen molar-refractivity contribution >= 4 is 23.5 Å². The molecule has 2 aromatic rings. The summed E-state index contributed by atoms with van der Waals surface area (Å²) in [5, 5.41) is 4.11. The third-order valence-electron chi connectivity index (χ3n) is 6.21. The highest BCUT2D eigenvalue weighted by molar-refractivity contribution is 6.06. The Bertz CT molecular complexity index is 1250. The summed E-state index contributed by atoms with van der Waals surface area (Å²) in [6.45, 7) is 0.217. The van der Waals surface area contributed by atoms with Crippen LogP contribution in [-0.4, -0.2) is 59.5 Å². The summed E-state index contributed by atoms with van der Waals surface area (Å²) in [6, 6.07) is 6.92. The Morgan fingerprint density at radius 3 is 2.56 bits per heavy atom. The number of alkyl halides is 3. The summed E-state index contributed by atoms with van der Waals surface area (Å²) in [7, 11) is 3.72.